The van der Waals surface area contributed by atoms with Crippen LogP contribution in [0.2, 0.25) is 0 Å². The molecular formula is C11H17N5O2S2. The first-order valence-electron chi connectivity index (χ1n) is 6.15. The Morgan fingerprint density at radius 3 is 3.00 bits per heavy atom. The van der Waals surface area contributed by atoms with Crippen LogP contribution in [-0.2, 0) is 23.1 Å². The molecule has 2 heterocycles. The van der Waals surface area contributed by atoms with Crippen LogP contribution in [0.15, 0.2) is 28.2 Å². The molecule has 0 aliphatic heterocycles. The second-order valence-electron chi connectivity index (χ2n) is 4.20. The van der Waals surface area contributed by atoms with Gasteiger partial charge in [-0.25, -0.2) is 18.1 Å². The standard InChI is InChI=1S/C11H17N5O2S2/c1-12-3-2-4-16-7-11(6-14-16)20(17,18)15-5-10-8-19-9-13-10/h6-9,12,15H,2-5H2,1H3. The number of rotatable bonds is 8. The van der Waals surface area contributed by atoms with Crippen LogP contribution in [0.5, 0.6) is 0 Å². The van der Waals surface area contributed by atoms with Crippen LogP contribution in [0.3, 0.4) is 0 Å². The highest BCUT2D eigenvalue weighted by Crippen LogP contribution is 2.09. The van der Waals surface area contributed by atoms with Crippen molar-refractivity contribution in [3.8, 4) is 0 Å². The molecule has 0 aliphatic rings. The van der Waals surface area contributed by atoms with Crippen LogP contribution in [0.1, 0.15) is 12.1 Å². The van der Waals surface area contributed by atoms with Gasteiger partial charge in [0.1, 0.15) is 4.90 Å². The van der Waals surface area contributed by atoms with Gasteiger partial charge in [-0.2, -0.15) is 5.10 Å². The van der Waals surface area contributed by atoms with Crippen LogP contribution in [0.25, 0.3) is 0 Å². The second-order valence-corrected chi connectivity index (χ2v) is 6.69. The average molecular weight is 315 g/mol. The van der Waals surface area contributed by atoms with Gasteiger partial charge in [-0.05, 0) is 20.0 Å². The van der Waals surface area contributed by atoms with Crippen LogP contribution in [0.4, 0.5) is 0 Å². The van der Waals surface area contributed by atoms with Gasteiger partial charge in [0.2, 0.25) is 10.0 Å². The number of aromatic nitrogens is 3. The molecule has 0 spiro atoms. The van der Waals surface area contributed by atoms with E-state index in [4.69, 9.17) is 0 Å². The molecule has 0 radical (unpaired) electrons. The van der Waals surface area contributed by atoms with Gasteiger partial charge >= 0.3 is 0 Å². The van der Waals surface area contributed by atoms with Gasteiger partial charge in [-0.15, -0.1) is 11.3 Å². The van der Waals surface area contributed by atoms with E-state index in [1.165, 1.54) is 17.5 Å². The molecule has 0 aliphatic carbocycles. The molecule has 0 atom stereocenters. The lowest BCUT2D eigenvalue weighted by Gasteiger charge is -2.02. The summed E-state index contributed by atoms with van der Waals surface area (Å²) < 4.78 is 28.3. The van der Waals surface area contributed by atoms with Crippen LogP contribution < -0.4 is 10.0 Å². The third-order valence-electron chi connectivity index (χ3n) is 2.66. The molecule has 0 saturated carbocycles. The molecule has 2 rings (SSSR count). The Balaban J connectivity index is 1.95. The van der Waals surface area contributed by atoms with Crippen molar-refractivity contribution in [2.24, 2.45) is 0 Å². The van der Waals surface area contributed by atoms with E-state index in [9.17, 15) is 8.42 Å². The molecule has 0 saturated heterocycles. The average Bonchev–Trinajstić information content (AvgIpc) is 3.08. The Bertz CT molecular complexity index is 621. The second kappa shape index (κ2) is 6.93. The van der Waals surface area contributed by atoms with Crippen LogP contribution in [0, 0.1) is 0 Å². The summed E-state index contributed by atoms with van der Waals surface area (Å²) in [6, 6.07) is 0. The molecule has 110 valence electrons. The number of nitrogens with one attached hydrogen (secondary N) is 2. The molecule has 7 nitrogen and oxygen atoms in total. The lowest BCUT2D eigenvalue weighted by Crippen LogP contribution is -2.23. The van der Waals surface area contributed by atoms with E-state index < -0.39 is 10.0 Å². The predicted octanol–water partition coefficient (Wildman–Crippen LogP) is 0.428. The number of aryl methyl sites for hydroxylation is 1. The molecule has 0 amide bonds. The van der Waals surface area contributed by atoms with E-state index in [0.717, 1.165) is 13.0 Å². The summed E-state index contributed by atoms with van der Waals surface area (Å²) in [7, 11) is -1.65. The van der Waals surface area contributed by atoms with Crippen molar-refractivity contribution in [3.63, 3.8) is 0 Å². The Morgan fingerprint density at radius 2 is 2.30 bits per heavy atom. The van der Waals surface area contributed by atoms with Crippen molar-refractivity contribution in [2.75, 3.05) is 13.6 Å². The Morgan fingerprint density at radius 1 is 1.45 bits per heavy atom. The first kappa shape index (κ1) is 15.1. The fraction of sp³-hybridized carbons (Fsp3) is 0.455. The zero-order valence-electron chi connectivity index (χ0n) is 11.1. The maximum absolute atomic E-state index is 12.1. The first-order chi connectivity index (χ1) is 9.62. The van der Waals surface area contributed by atoms with E-state index >= 15 is 0 Å². The van der Waals surface area contributed by atoms with Crippen molar-refractivity contribution >= 4 is 21.4 Å². The zero-order valence-corrected chi connectivity index (χ0v) is 12.7. The molecule has 2 N–H and O–H groups in total. The number of thiazole rings is 1. The minimum Gasteiger partial charge on any atom is -0.320 e. The predicted molar refractivity (Wildman–Crippen MR) is 76.9 cm³/mol. The molecular weight excluding hydrogens is 298 g/mol. The summed E-state index contributed by atoms with van der Waals surface area (Å²) in [6.45, 7) is 1.74. The molecule has 0 bridgehead atoms. The number of sulfonamides is 1. The van der Waals surface area contributed by atoms with Crippen molar-refractivity contribution in [2.45, 2.75) is 24.4 Å². The quantitative estimate of drug-likeness (QED) is 0.690. The minimum atomic E-state index is -3.53. The first-order valence-corrected chi connectivity index (χ1v) is 8.58. The van der Waals surface area contributed by atoms with Gasteiger partial charge in [0, 0.05) is 18.1 Å². The summed E-state index contributed by atoms with van der Waals surface area (Å²) in [4.78, 5) is 4.21. The normalized spacial score (nSPS) is 11.8. The summed E-state index contributed by atoms with van der Waals surface area (Å²) in [5, 5.41) is 8.90. The van der Waals surface area contributed by atoms with Gasteiger partial charge in [0.25, 0.3) is 0 Å². The number of hydrogen-bond donors (Lipinski definition) is 2. The van der Waals surface area contributed by atoms with E-state index in [1.54, 1.807) is 16.4 Å². The largest absolute Gasteiger partial charge is 0.320 e. The molecule has 9 heteroatoms. The van der Waals surface area contributed by atoms with E-state index in [0.29, 0.717) is 12.2 Å². The smallest absolute Gasteiger partial charge is 0.244 e. The molecule has 0 fully saturated rings. The lowest BCUT2D eigenvalue weighted by atomic mass is 10.4. The summed E-state index contributed by atoms with van der Waals surface area (Å²) in [6.07, 6.45) is 3.80. The molecule has 0 aromatic carbocycles. The molecule has 2 aromatic heterocycles. The molecule has 0 unspecified atom stereocenters. The van der Waals surface area contributed by atoms with Gasteiger partial charge in [-0.1, -0.05) is 0 Å². The van der Waals surface area contributed by atoms with E-state index in [1.807, 2.05) is 12.4 Å². The van der Waals surface area contributed by atoms with Crippen molar-refractivity contribution in [1.29, 1.82) is 0 Å². The highest BCUT2D eigenvalue weighted by atomic mass is 32.2. The van der Waals surface area contributed by atoms with Crippen LogP contribution >= 0.6 is 11.3 Å². The molecule has 2 aromatic rings. The van der Waals surface area contributed by atoms with Crippen molar-refractivity contribution in [1.82, 2.24) is 24.8 Å². The van der Waals surface area contributed by atoms with Gasteiger partial charge < -0.3 is 5.32 Å². The SMILES string of the molecule is CNCCCn1cc(S(=O)(=O)NCc2cscn2)cn1. The van der Waals surface area contributed by atoms with Gasteiger partial charge in [-0.3, -0.25) is 4.68 Å². The summed E-state index contributed by atoms with van der Waals surface area (Å²) in [5.41, 5.74) is 2.38. The zero-order chi connectivity index (χ0) is 14.4. The van der Waals surface area contributed by atoms with Crippen molar-refractivity contribution < 1.29 is 8.42 Å². The van der Waals surface area contributed by atoms with E-state index in [2.05, 4.69) is 20.1 Å². The van der Waals surface area contributed by atoms with Crippen LogP contribution in [-0.4, -0.2) is 36.8 Å². The minimum absolute atomic E-state index is 0.178. The Hall–Kier alpha value is -1.29. The fourth-order valence-electron chi connectivity index (χ4n) is 1.60. The number of nitrogens with zero attached hydrogens (tertiary/aromatic N) is 3. The van der Waals surface area contributed by atoms with Crippen molar-refractivity contribution in [3.05, 3.63) is 29.0 Å². The highest BCUT2D eigenvalue weighted by molar-refractivity contribution is 7.89. The number of hydrogen-bond acceptors (Lipinski definition) is 6. The lowest BCUT2D eigenvalue weighted by molar-refractivity contribution is 0.560. The maximum atomic E-state index is 12.1. The summed E-state index contributed by atoms with van der Waals surface area (Å²) in [5.74, 6) is 0. The maximum Gasteiger partial charge on any atom is 0.244 e. The van der Waals surface area contributed by atoms with Gasteiger partial charge in [0.15, 0.2) is 0 Å². The third kappa shape index (κ3) is 4.10. The third-order valence-corrected chi connectivity index (χ3v) is 4.65. The topological polar surface area (TPSA) is 88.9 Å². The Kier molecular flexibility index (Phi) is 5.24. The summed E-state index contributed by atoms with van der Waals surface area (Å²) >= 11 is 1.43. The fourth-order valence-corrected chi connectivity index (χ4v) is 3.11. The molecule has 20 heavy (non-hydrogen) atoms. The van der Waals surface area contributed by atoms with E-state index in [-0.39, 0.29) is 11.4 Å². The monoisotopic (exact) mass is 315 g/mol. The highest BCUT2D eigenvalue weighted by Gasteiger charge is 2.16. The van der Waals surface area contributed by atoms with Gasteiger partial charge in [0.05, 0.1) is 23.9 Å². The Labute approximate surface area is 122 Å².